The van der Waals surface area contributed by atoms with Gasteiger partial charge in [-0.05, 0) is 91.7 Å². The molecule has 0 unspecified atom stereocenters. The Labute approximate surface area is 253 Å². The zero-order valence-corrected chi connectivity index (χ0v) is 24.4. The van der Waals surface area contributed by atoms with Crippen LogP contribution in [0.3, 0.4) is 0 Å². The molecule has 1 aliphatic carbocycles. The summed E-state index contributed by atoms with van der Waals surface area (Å²) in [6.45, 7) is 4.63. The van der Waals surface area contributed by atoms with Gasteiger partial charge in [0.25, 0.3) is 11.1 Å². The fourth-order valence-electron chi connectivity index (χ4n) is 7.53. The predicted octanol–water partition coefficient (Wildman–Crippen LogP) is 9.20. The Morgan fingerprint density at radius 1 is 0.432 bits per heavy atom. The smallest absolute Gasteiger partial charge is 0.266 e. The van der Waals surface area contributed by atoms with E-state index in [1.54, 1.807) is 0 Å². The normalized spacial score (nSPS) is 13.6. The summed E-state index contributed by atoms with van der Waals surface area (Å²) in [6.07, 6.45) is 0. The molecule has 0 aliphatic heterocycles. The highest BCUT2D eigenvalue weighted by molar-refractivity contribution is 6.19. The molecule has 0 radical (unpaired) electrons. The van der Waals surface area contributed by atoms with Crippen LogP contribution in [0.25, 0.3) is 71.2 Å². The van der Waals surface area contributed by atoms with E-state index in [2.05, 4.69) is 92.7 Å². The lowest BCUT2D eigenvalue weighted by Crippen LogP contribution is -2.27. The molecule has 3 heteroatoms. The van der Waals surface area contributed by atoms with E-state index in [9.17, 15) is 9.59 Å². The van der Waals surface area contributed by atoms with E-state index in [4.69, 9.17) is 0 Å². The van der Waals surface area contributed by atoms with Crippen LogP contribution in [-0.2, 0) is 5.41 Å². The Balaban J connectivity index is 1.31. The molecule has 0 fully saturated rings. The second kappa shape index (κ2) is 8.75. The van der Waals surface area contributed by atoms with Crippen molar-refractivity contribution < 1.29 is 0 Å². The molecule has 0 saturated heterocycles. The number of benzene rings is 6. The number of fused-ring (bicyclic) bond motifs is 7. The lowest BCUT2D eigenvalue weighted by molar-refractivity contribution is 0.661. The molecule has 2 aromatic heterocycles. The summed E-state index contributed by atoms with van der Waals surface area (Å²) < 4.78 is 1.38. The van der Waals surface area contributed by atoms with Gasteiger partial charge in [-0.1, -0.05) is 105 Å². The van der Waals surface area contributed by atoms with E-state index >= 15 is 0 Å². The molecule has 0 saturated carbocycles. The van der Waals surface area contributed by atoms with Crippen molar-refractivity contribution in [1.29, 1.82) is 0 Å². The average Bonchev–Trinajstić information content (AvgIpc) is 3.29. The van der Waals surface area contributed by atoms with Crippen LogP contribution in [0, 0.1) is 0 Å². The Kier molecular flexibility index (Phi) is 4.97. The first-order valence-corrected chi connectivity index (χ1v) is 15.0. The maximum atomic E-state index is 13.7. The molecular weight excluding hydrogens is 538 g/mol. The molecular formula is C41H27NO2. The molecule has 44 heavy (non-hydrogen) atoms. The lowest BCUT2D eigenvalue weighted by atomic mass is 9.80. The predicted molar refractivity (Wildman–Crippen MR) is 182 cm³/mol. The molecule has 8 aromatic rings. The van der Waals surface area contributed by atoms with E-state index < -0.39 is 0 Å². The molecule has 0 amide bonds. The van der Waals surface area contributed by atoms with Crippen molar-refractivity contribution in [2.45, 2.75) is 19.3 Å². The Bertz CT molecular complexity index is 2510. The van der Waals surface area contributed by atoms with Crippen LogP contribution in [0.5, 0.6) is 0 Å². The minimum Gasteiger partial charge on any atom is -0.268 e. The van der Waals surface area contributed by atoms with Gasteiger partial charge in [0.05, 0.1) is 5.52 Å². The average molecular weight is 566 g/mol. The van der Waals surface area contributed by atoms with Gasteiger partial charge >= 0.3 is 0 Å². The van der Waals surface area contributed by atoms with Crippen LogP contribution < -0.4 is 11.1 Å². The Morgan fingerprint density at radius 3 is 1.41 bits per heavy atom. The standard InChI is InChI=1S/C41H27NO2/c1-41(2)36-22-25(24-10-4-3-5-11-24)16-18-30(36)31-19-17-26(23-37(31)41)27-20-34-28-12-6-8-14-32(28)39(43)42-38(34)35(21-27)29-13-7-9-15-33(29)40(42)44/h3-23H,1-2H3. The number of rotatable bonds is 2. The minimum atomic E-state index is -0.270. The van der Waals surface area contributed by atoms with Crippen molar-refractivity contribution in [2.24, 2.45) is 0 Å². The molecule has 0 atom stereocenters. The molecule has 208 valence electrons. The number of pyridine rings is 2. The van der Waals surface area contributed by atoms with E-state index in [0.29, 0.717) is 16.3 Å². The number of hydrogen-bond acceptors (Lipinski definition) is 2. The zero-order valence-electron chi connectivity index (χ0n) is 24.4. The van der Waals surface area contributed by atoms with Gasteiger partial charge in [-0.15, -0.1) is 0 Å². The summed E-state index contributed by atoms with van der Waals surface area (Å²) in [5.74, 6) is 0. The van der Waals surface area contributed by atoms with Gasteiger partial charge in [0.15, 0.2) is 0 Å². The first kappa shape index (κ1) is 25.0. The van der Waals surface area contributed by atoms with Gasteiger partial charge in [0.2, 0.25) is 0 Å². The quantitative estimate of drug-likeness (QED) is 0.155. The van der Waals surface area contributed by atoms with Gasteiger partial charge in [0.1, 0.15) is 0 Å². The highest BCUT2D eigenvalue weighted by Gasteiger charge is 2.36. The third kappa shape index (κ3) is 3.27. The van der Waals surface area contributed by atoms with Gasteiger partial charge in [-0.2, -0.15) is 0 Å². The largest absolute Gasteiger partial charge is 0.268 e. The summed E-state index contributed by atoms with van der Waals surface area (Å²) in [5.41, 5.74) is 9.78. The van der Waals surface area contributed by atoms with Gasteiger partial charge in [-0.25, -0.2) is 4.40 Å². The third-order valence-corrected chi connectivity index (χ3v) is 9.75. The highest BCUT2D eigenvalue weighted by atomic mass is 16.2. The summed E-state index contributed by atoms with van der Waals surface area (Å²) in [4.78, 5) is 27.4. The zero-order chi connectivity index (χ0) is 29.7. The molecule has 0 N–H and O–H groups in total. The fraction of sp³-hybridized carbons (Fsp3) is 0.0732. The van der Waals surface area contributed by atoms with Crippen LogP contribution in [0.1, 0.15) is 25.0 Å². The van der Waals surface area contributed by atoms with Crippen molar-refractivity contribution in [3.8, 4) is 33.4 Å². The van der Waals surface area contributed by atoms with E-state index in [1.165, 1.54) is 37.8 Å². The summed E-state index contributed by atoms with van der Waals surface area (Å²) in [6, 6.07) is 43.8. The molecule has 6 aromatic carbocycles. The van der Waals surface area contributed by atoms with Crippen molar-refractivity contribution >= 4 is 37.8 Å². The first-order chi connectivity index (χ1) is 21.4. The van der Waals surface area contributed by atoms with E-state index in [0.717, 1.165) is 32.7 Å². The maximum Gasteiger partial charge on any atom is 0.266 e. The molecule has 0 spiro atoms. The third-order valence-electron chi connectivity index (χ3n) is 9.75. The van der Waals surface area contributed by atoms with Gasteiger partial charge in [-0.3, -0.25) is 9.59 Å². The first-order valence-electron chi connectivity index (χ1n) is 15.0. The second-order valence-corrected chi connectivity index (χ2v) is 12.5. The molecule has 9 rings (SSSR count). The number of nitrogens with zero attached hydrogens (tertiary/aromatic N) is 1. The van der Waals surface area contributed by atoms with Gasteiger partial charge in [0, 0.05) is 27.0 Å². The van der Waals surface area contributed by atoms with Crippen molar-refractivity contribution in [3.05, 3.63) is 159 Å². The van der Waals surface area contributed by atoms with Crippen molar-refractivity contribution in [1.82, 2.24) is 4.40 Å². The minimum absolute atomic E-state index is 0.178. The topological polar surface area (TPSA) is 38.5 Å². The summed E-state index contributed by atoms with van der Waals surface area (Å²) >= 11 is 0. The van der Waals surface area contributed by atoms with Crippen LogP contribution in [0.4, 0.5) is 0 Å². The summed E-state index contributed by atoms with van der Waals surface area (Å²) in [5, 5.41) is 4.64. The lowest BCUT2D eigenvalue weighted by Gasteiger charge is -2.23. The molecule has 2 heterocycles. The van der Waals surface area contributed by atoms with Crippen LogP contribution in [0.15, 0.2) is 137 Å². The molecule has 1 aliphatic rings. The van der Waals surface area contributed by atoms with Crippen LogP contribution in [-0.4, -0.2) is 4.40 Å². The van der Waals surface area contributed by atoms with Crippen molar-refractivity contribution in [3.63, 3.8) is 0 Å². The molecule has 0 bridgehead atoms. The number of hydrogen-bond donors (Lipinski definition) is 0. The SMILES string of the molecule is CC1(C)c2cc(-c3ccccc3)ccc2-c2ccc(-c3cc4c5ccccc5c(=O)n5c(=O)c6ccccc6c(c3)c45)cc21. The molecule has 3 nitrogen and oxygen atoms in total. The highest BCUT2D eigenvalue weighted by Crippen LogP contribution is 2.51. The van der Waals surface area contributed by atoms with Crippen LogP contribution in [0.2, 0.25) is 0 Å². The Morgan fingerprint density at radius 2 is 0.886 bits per heavy atom. The Hall–Kier alpha value is -5.54. The number of aromatic nitrogens is 1. The maximum absolute atomic E-state index is 13.7. The van der Waals surface area contributed by atoms with Crippen LogP contribution >= 0.6 is 0 Å². The van der Waals surface area contributed by atoms with E-state index in [-0.39, 0.29) is 16.5 Å². The second-order valence-electron chi connectivity index (χ2n) is 12.5. The van der Waals surface area contributed by atoms with Gasteiger partial charge < -0.3 is 0 Å². The summed E-state index contributed by atoms with van der Waals surface area (Å²) in [7, 11) is 0. The fourth-order valence-corrected chi connectivity index (χ4v) is 7.53. The van der Waals surface area contributed by atoms with E-state index in [1.807, 2.05) is 48.5 Å². The monoisotopic (exact) mass is 565 g/mol. The van der Waals surface area contributed by atoms with Crippen molar-refractivity contribution in [2.75, 3.05) is 0 Å².